The number of likely N-dealkylation sites (tertiary alicyclic amines) is 1. The second-order valence-corrected chi connectivity index (χ2v) is 9.27. The number of aromatic nitrogens is 2. The topological polar surface area (TPSA) is 67.2 Å². The summed E-state index contributed by atoms with van der Waals surface area (Å²) in [6, 6.07) is 11.3. The van der Waals surface area contributed by atoms with Crippen molar-refractivity contribution in [2.45, 2.75) is 44.2 Å². The summed E-state index contributed by atoms with van der Waals surface area (Å²) in [5.74, 6) is -1.50. The Hall–Kier alpha value is -3.55. The lowest BCUT2D eigenvalue weighted by Crippen LogP contribution is -2.56. The predicted octanol–water partition coefficient (Wildman–Crippen LogP) is 3.80. The number of piperidine rings is 1. The number of nitrogens with one attached hydrogen (secondary N) is 1. The zero-order valence-corrected chi connectivity index (χ0v) is 18.9. The van der Waals surface area contributed by atoms with Gasteiger partial charge in [-0.05, 0) is 55.2 Å². The third-order valence-corrected chi connectivity index (χ3v) is 7.04. The van der Waals surface area contributed by atoms with Crippen molar-refractivity contribution in [1.29, 1.82) is 0 Å². The fourth-order valence-electron chi connectivity index (χ4n) is 5.32. The maximum Gasteiger partial charge on any atom is 0.253 e. The molecule has 0 radical (unpaired) electrons. The number of benzene rings is 2. The van der Waals surface area contributed by atoms with E-state index in [4.69, 9.17) is 0 Å². The van der Waals surface area contributed by atoms with Crippen molar-refractivity contribution >= 4 is 11.8 Å². The van der Waals surface area contributed by atoms with Crippen LogP contribution in [0, 0.1) is 18.6 Å². The Morgan fingerprint density at radius 2 is 2.06 bits per heavy atom. The van der Waals surface area contributed by atoms with Crippen molar-refractivity contribution < 1.29 is 18.4 Å². The van der Waals surface area contributed by atoms with Crippen molar-refractivity contribution in [1.82, 2.24) is 19.8 Å². The standard InChI is InChI=1S/C26H26F2N4O2/c1-17-29-10-11-31(17)14-18-4-2-5-20(12-18)25(34)32-15-21(19-7-8-22(27)23(28)13-19)26(16-32)9-3-6-24(33)30-26/h2,4-5,7-8,10-13,21H,3,6,9,14-16H2,1H3,(H,30,33)/t21-,26+/m0/s1. The highest BCUT2D eigenvalue weighted by Crippen LogP contribution is 2.42. The van der Waals surface area contributed by atoms with E-state index in [9.17, 15) is 18.4 Å². The molecule has 2 aliphatic rings. The van der Waals surface area contributed by atoms with Crippen LogP contribution in [0.5, 0.6) is 0 Å². The number of aryl methyl sites for hydroxylation is 1. The van der Waals surface area contributed by atoms with E-state index < -0.39 is 17.2 Å². The Labute approximate surface area is 196 Å². The van der Waals surface area contributed by atoms with E-state index in [2.05, 4.69) is 10.3 Å². The molecule has 2 saturated heterocycles. The molecule has 2 aromatic carbocycles. The molecule has 176 valence electrons. The molecule has 1 N–H and O–H groups in total. The van der Waals surface area contributed by atoms with Gasteiger partial charge in [0.1, 0.15) is 5.82 Å². The monoisotopic (exact) mass is 464 g/mol. The van der Waals surface area contributed by atoms with E-state index >= 15 is 0 Å². The Morgan fingerprint density at radius 3 is 2.79 bits per heavy atom. The van der Waals surface area contributed by atoms with Crippen LogP contribution in [0.4, 0.5) is 8.78 Å². The van der Waals surface area contributed by atoms with E-state index in [0.717, 1.165) is 17.5 Å². The predicted molar refractivity (Wildman–Crippen MR) is 122 cm³/mol. The van der Waals surface area contributed by atoms with Crippen molar-refractivity contribution in [2.24, 2.45) is 0 Å². The third-order valence-electron chi connectivity index (χ3n) is 7.04. The smallest absolute Gasteiger partial charge is 0.253 e. The first-order chi connectivity index (χ1) is 16.3. The summed E-state index contributed by atoms with van der Waals surface area (Å²) in [4.78, 5) is 31.8. The Morgan fingerprint density at radius 1 is 1.21 bits per heavy atom. The van der Waals surface area contributed by atoms with Crippen LogP contribution >= 0.6 is 0 Å². The molecule has 1 aromatic heterocycles. The molecule has 6 nitrogen and oxygen atoms in total. The number of hydrogen-bond acceptors (Lipinski definition) is 3. The number of rotatable bonds is 4. The molecule has 5 rings (SSSR count). The van der Waals surface area contributed by atoms with Gasteiger partial charge in [-0.15, -0.1) is 0 Å². The average molecular weight is 465 g/mol. The van der Waals surface area contributed by atoms with Gasteiger partial charge >= 0.3 is 0 Å². The highest BCUT2D eigenvalue weighted by molar-refractivity contribution is 5.95. The highest BCUT2D eigenvalue weighted by atomic mass is 19.2. The minimum Gasteiger partial charge on any atom is -0.348 e. The summed E-state index contributed by atoms with van der Waals surface area (Å²) < 4.78 is 29.7. The maximum absolute atomic E-state index is 14.1. The van der Waals surface area contributed by atoms with Gasteiger partial charge in [-0.3, -0.25) is 9.59 Å². The largest absolute Gasteiger partial charge is 0.348 e. The van der Waals surface area contributed by atoms with Gasteiger partial charge in [0.05, 0.1) is 5.54 Å². The summed E-state index contributed by atoms with van der Waals surface area (Å²) in [5, 5.41) is 3.10. The molecule has 34 heavy (non-hydrogen) atoms. The fraction of sp³-hybridized carbons (Fsp3) is 0.346. The van der Waals surface area contributed by atoms with Gasteiger partial charge in [-0.2, -0.15) is 0 Å². The third kappa shape index (κ3) is 4.08. The second kappa shape index (κ2) is 8.66. The SMILES string of the molecule is Cc1nccn1Cc1cccc(C(=O)N2C[C@@H](c3ccc(F)c(F)c3)[C@@]3(CCCC(=O)N3)C2)c1. The molecule has 2 fully saturated rings. The molecule has 0 saturated carbocycles. The van der Waals surface area contributed by atoms with Gasteiger partial charge in [0, 0.05) is 49.9 Å². The fourth-order valence-corrected chi connectivity index (χ4v) is 5.32. The van der Waals surface area contributed by atoms with Crippen LogP contribution in [-0.4, -0.2) is 44.9 Å². The van der Waals surface area contributed by atoms with E-state index in [0.29, 0.717) is 50.0 Å². The maximum atomic E-state index is 14.1. The summed E-state index contributed by atoms with van der Waals surface area (Å²) >= 11 is 0. The first-order valence-corrected chi connectivity index (χ1v) is 11.5. The van der Waals surface area contributed by atoms with Crippen LogP contribution in [0.3, 0.4) is 0 Å². The van der Waals surface area contributed by atoms with E-state index in [1.54, 1.807) is 23.2 Å². The number of carbonyl (C=O) groups excluding carboxylic acids is 2. The van der Waals surface area contributed by atoms with Gasteiger partial charge in [0.25, 0.3) is 5.91 Å². The zero-order valence-electron chi connectivity index (χ0n) is 18.9. The zero-order chi connectivity index (χ0) is 23.9. The first kappa shape index (κ1) is 22.3. The van der Waals surface area contributed by atoms with Gasteiger partial charge in [-0.25, -0.2) is 13.8 Å². The molecule has 2 atom stereocenters. The summed E-state index contributed by atoms with van der Waals surface area (Å²) in [6.07, 6.45) is 5.42. The molecule has 8 heteroatoms. The number of hydrogen-bond donors (Lipinski definition) is 1. The van der Waals surface area contributed by atoms with E-state index in [1.165, 1.54) is 6.07 Å². The molecular formula is C26H26F2N4O2. The van der Waals surface area contributed by atoms with Crippen LogP contribution in [0.1, 0.15) is 52.5 Å². The van der Waals surface area contributed by atoms with Crippen LogP contribution in [-0.2, 0) is 11.3 Å². The number of carbonyl (C=O) groups is 2. The average Bonchev–Trinajstić information content (AvgIpc) is 3.38. The van der Waals surface area contributed by atoms with E-state index in [1.807, 2.05) is 35.9 Å². The lowest BCUT2D eigenvalue weighted by Gasteiger charge is -2.39. The quantitative estimate of drug-likeness (QED) is 0.639. The molecular weight excluding hydrogens is 438 g/mol. The normalized spacial score (nSPS) is 22.3. The van der Waals surface area contributed by atoms with Gasteiger partial charge in [0.2, 0.25) is 5.91 Å². The van der Waals surface area contributed by atoms with Crippen LogP contribution in [0.25, 0.3) is 0 Å². The van der Waals surface area contributed by atoms with Crippen molar-refractivity contribution in [3.05, 3.63) is 89.0 Å². The second-order valence-electron chi connectivity index (χ2n) is 9.27. The van der Waals surface area contributed by atoms with Gasteiger partial charge < -0.3 is 14.8 Å². The minimum absolute atomic E-state index is 0.0779. The summed E-state index contributed by atoms with van der Waals surface area (Å²) in [6.45, 7) is 3.17. The lowest BCUT2D eigenvalue weighted by molar-refractivity contribution is -0.125. The van der Waals surface area contributed by atoms with Crippen molar-refractivity contribution in [3.8, 4) is 0 Å². The number of halogens is 2. The Bertz CT molecular complexity index is 1260. The molecule has 3 aromatic rings. The van der Waals surface area contributed by atoms with Crippen molar-refractivity contribution in [3.63, 3.8) is 0 Å². The Kier molecular flexibility index (Phi) is 5.67. The van der Waals surface area contributed by atoms with E-state index in [-0.39, 0.29) is 17.7 Å². The summed E-state index contributed by atoms with van der Waals surface area (Å²) in [7, 11) is 0. The highest BCUT2D eigenvalue weighted by Gasteiger charge is 2.50. The lowest BCUT2D eigenvalue weighted by atomic mass is 9.76. The molecule has 2 aliphatic heterocycles. The van der Waals surface area contributed by atoms with Crippen LogP contribution < -0.4 is 5.32 Å². The minimum atomic E-state index is -0.929. The van der Waals surface area contributed by atoms with Gasteiger partial charge in [-0.1, -0.05) is 18.2 Å². The van der Waals surface area contributed by atoms with Gasteiger partial charge in [0.15, 0.2) is 11.6 Å². The van der Waals surface area contributed by atoms with Crippen LogP contribution in [0.2, 0.25) is 0 Å². The molecule has 0 bridgehead atoms. The summed E-state index contributed by atoms with van der Waals surface area (Å²) in [5.41, 5.74) is 1.42. The molecule has 1 spiro atoms. The molecule has 0 unspecified atom stereocenters. The number of imidazole rings is 1. The molecule has 2 amide bonds. The number of amides is 2. The first-order valence-electron chi connectivity index (χ1n) is 11.5. The molecule has 0 aliphatic carbocycles. The van der Waals surface area contributed by atoms with Crippen LogP contribution in [0.15, 0.2) is 54.9 Å². The number of nitrogens with zero attached hydrogens (tertiary/aromatic N) is 3. The molecule has 3 heterocycles. The Balaban J connectivity index is 1.43. The van der Waals surface area contributed by atoms with Crippen molar-refractivity contribution in [2.75, 3.05) is 13.1 Å².